The third-order valence-electron chi connectivity index (χ3n) is 4.34. The van der Waals surface area contributed by atoms with E-state index in [9.17, 15) is 21.6 Å². The van der Waals surface area contributed by atoms with Crippen LogP contribution in [-0.4, -0.2) is 36.0 Å². The average molecular weight is 404 g/mol. The molecule has 27 heavy (non-hydrogen) atoms. The number of hydrogen-bond donors (Lipinski definition) is 1. The molecule has 1 fully saturated rings. The van der Waals surface area contributed by atoms with E-state index in [-0.39, 0.29) is 5.82 Å². The Balaban J connectivity index is 1.76. The number of benzene rings is 1. The molecule has 11 heteroatoms. The van der Waals surface area contributed by atoms with Gasteiger partial charge in [-0.3, -0.25) is 0 Å². The van der Waals surface area contributed by atoms with Gasteiger partial charge in [-0.1, -0.05) is 36.3 Å². The SMILES string of the molecule is CCC(NS(=O)(=O)N1CCCC1)c1ccc(-c2noc(C(F)(F)F)n2)cc1. The quantitative estimate of drug-likeness (QED) is 0.799. The van der Waals surface area contributed by atoms with Gasteiger partial charge in [0.2, 0.25) is 5.82 Å². The Hall–Kier alpha value is -1.98. The number of alkyl halides is 3. The van der Waals surface area contributed by atoms with E-state index in [4.69, 9.17) is 0 Å². The van der Waals surface area contributed by atoms with Crippen LogP contribution in [0.3, 0.4) is 0 Å². The predicted octanol–water partition coefficient (Wildman–Crippen LogP) is 3.14. The molecule has 0 radical (unpaired) electrons. The molecule has 0 saturated carbocycles. The second-order valence-corrected chi connectivity index (χ2v) is 7.94. The first-order valence-corrected chi connectivity index (χ1v) is 9.93. The van der Waals surface area contributed by atoms with Crippen LogP contribution in [0.15, 0.2) is 28.8 Å². The molecule has 0 spiro atoms. The van der Waals surface area contributed by atoms with Crippen LogP contribution in [0.25, 0.3) is 11.4 Å². The molecule has 1 aromatic carbocycles. The zero-order valence-corrected chi connectivity index (χ0v) is 15.3. The Bertz CT molecular complexity index is 875. The van der Waals surface area contributed by atoms with Gasteiger partial charge in [0, 0.05) is 24.7 Å². The minimum absolute atomic E-state index is 0.181. The minimum Gasteiger partial charge on any atom is -0.329 e. The van der Waals surface area contributed by atoms with Crippen molar-refractivity contribution in [2.24, 2.45) is 0 Å². The van der Waals surface area contributed by atoms with Crippen LogP contribution in [0, 0.1) is 0 Å². The molecule has 1 atom stereocenters. The first kappa shape index (κ1) is 19.8. The highest BCUT2D eigenvalue weighted by molar-refractivity contribution is 7.87. The summed E-state index contributed by atoms with van der Waals surface area (Å²) in [6.07, 6.45) is -2.49. The lowest BCUT2D eigenvalue weighted by atomic mass is 10.0. The topological polar surface area (TPSA) is 88.3 Å². The molecule has 148 valence electrons. The number of nitrogens with zero attached hydrogens (tertiary/aromatic N) is 3. The van der Waals surface area contributed by atoms with Gasteiger partial charge >= 0.3 is 12.1 Å². The van der Waals surface area contributed by atoms with Gasteiger partial charge in [0.25, 0.3) is 10.2 Å². The lowest BCUT2D eigenvalue weighted by Gasteiger charge is -2.22. The van der Waals surface area contributed by atoms with E-state index in [0.717, 1.165) is 12.8 Å². The van der Waals surface area contributed by atoms with Crippen LogP contribution in [0.1, 0.15) is 43.7 Å². The molecular formula is C16H19F3N4O3S. The molecule has 0 bridgehead atoms. The maximum atomic E-state index is 12.6. The number of aromatic nitrogens is 2. The molecule has 1 unspecified atom stereocenters. The summed E-state index contributed by atoms with van der Waals surface area (Å²) < 4.78 is 70.9. The van der Waals surface area contributed by atoms with Gasteiger partial charge in [-0.25, -0.2) is 0 Å². The van der Waals surface area contributed by atoms with Crippen LogP contribution in [0.4, 0.5) is 13.2 Å². The summed E-state index contributed by atoms with van der Waals surface area (Å²) in [6, 6.07) is 5.90. The Morgan fingerprint density at radius 1 is 1.22 bits per heavy atom. The molecule has 0 amide bonds. The highest BCUT2D eigenvalue weighted by atomic mass is 32.2. The normalized spacial score (nSPS) is 17.3. The van der Waals surface area contributed by atoms with Crippen molar-refractivity contribution in [3.05, 3.63) is 35.7 Å². The Labute approximate surface area is 154 Å². The fourth-order valence-electron chi connectivity index (χ4n) is 2.89. The summed E-state index contributed by atoms with van der Waals surface area (Å²) >= 11 is 0. The monoisotopic (exact) mass is 404 g/mol. The van der Waals surface area contributed by atoms with Crippen LogP contribution in [0.2, 0.25) is 0 Å². The fraction of sp³-hybridized carbons (Fsp3) is 0.500. The standard InChI is InChI=1S/C16H19F3N4O3S/c1-2-13(22-27(24,25)23-9-3-4-10-23)11-5-7-12(8-6-11)14-20-15(26-21-14)16(17,18)19/h5-8,13,22H,2-4,9-10H2,1H3. The van der Waals surface area contributed by atoms with E-state index in [2.05, 4.69) is 19.4 Å². The lowest BCUT2D eigenvalue weighted by molar-refractivity contribution is -0.159. The van der Waals surface area contributed by atoms with Crippen molar-refractivity contribution in [2.45, 2.75) is 38.4 Å². The first-order valence-electron chi connectivity index (χ1n) is 8.49. The average Bonchev–Trinajstić information content (AvgIpc) is 3.31. The van der Waals surface area contributed by atoms with E-state index in [0.29, 0.717) is 30.6 Å². The summed E-state index contributed by atoms with van der Waals surface area (Å²) in [5.41, 5.74) is 1.04. The second kappa shape index (κ2) is 7.56. The smallest absolute Gasteiger partial charge is 0.329 e. The highest BCUT2D eigenvalue weighted by Crippen LogP contribution is 2.30. The van der Waals surface area contributed by atoms with Crippen LogP contribution < -0.4 is 4.72 Å². The van der Waals surface area contributed by atoms with Crippen LogP contribution in [0.5, 0.6) is 0 Å². The molecular weight excluding hydrogens is 385 g/mol. The fourth-order valence-corrected chi connectivity index (χ4v) is 4.44. The van der Waals surface area contributed by atoms with Gasteiger partial charge in [0.15, 0.2) is 0 Å². The van der Waals surface area contributed by atoms with Crippen molar-refractivity contribution >= 4 is 10.2 Å². The Kier molecular flexibility index (Phi) is 5.54. The number of nitrogens with one attached hydrogen (secondary N) is 1. The zero-order valence-electron chi connectivity index (χ0n) is 14.5. The molecule has 1 N–H and O–H groups in total. The minimum atomic E-state index is -4.70. The van der Waals surface area contributed by atoms with Gasteiger partial charge in [-0.05, 0) is 24.8 Å². The molecule has 1 aromatic heterocycles. The molecule has 2 heterocycles. The largest absolute Gasteiger partial charge is 0.471 e. The van der Waals surface area contributed by atoms with Crippen molar-refractivity contribution in [1.82, 2.24) is 19.2 Å². The molecule has 1 aliphatic rings. The number of rotatable bonds is 6. The molecule has 7 nitrogen and oxygen atoms in total. The maximum Gasteiger partial charge on any atom is 0.471 e. The van der Waals surface area contributed by atoms with Crippen LogP contribution in [-0.2, 0) is 16.4 Å². The van der Waals surface area contributed by atoms with Crippen molar-refractivity contribution in [2.75, 3.05) is 13.1 Å². The molecule has 3 rings (SSSR count). The zero-order chi connectivity index (χ0) is 19.7. The molecule has 1 aliphatic heterocycles. The van der Waals surface area contributed by atoms with Crippen molar-refractivity contribution in [3.8, 4) is 11.4 Å². The van der Waals surface area contributed by atoms with Gasteiger partial charge in [-0.15, -0.1) is 0 Å². The van der Waals surface area contributed by atoms with E-state index in [1.807, 2.05) is 6.92 Å². The summed E-state index contributed by atoms with van der Waals surface area (Å²) in [7, 11) is -3.58. The Morgan fingerprint density at radius 3 is 2.37 bits per heavy atom. The van der Waals surface area contributed by atoms with Gasteiger partial charge in [-0.2, -0.15) is 35.6 Å². The lowest BCUT2D eigenvalue weighted by Crippen LogP contribution is -2.40. The van der Waals surface area contributed by atoms with E-state index in [1.54, 1.807) is 12.1 Å². The van der Waals surface area contributed by atoms with E-state index < -0.39 is 28.3 Å². The Morgan fingerprint density at radius 2 is 1.85 bits per heavy atom. The summed E-state index contributed by atoms with van der Waals surface area (Å²) in [4.78, 5) is 3.34. The summed E-state index contributed by atoms with van der Waals surface area (Å²) in [6.45, 7) is 2.86. The van der Waals surface area contributed by atoms with Gasteiger partial charge < -0.3 is 4.52 Å². The van der Waals surface area contributed by atoms with Crippen LogP contribution >= 0.6 is 0 Å². The summed E-state index contributed by atoms with van der Waals surface area (Å²) in [5, 5.41) is 3.33. The highest BCUT2D eigenvalue weighted by Gasteiger charge is 2.38. The summed E-state index contributed by atoms with van der Waals surface area (Å²) in [5.74, 6) is -1.59. The van der Waals surface area contributed by atoms with E-state index >= 15 is 0 Å². The third kappa shape index (κ3) is 4.47. The van der Waals surface area contributed by atoms with Gasteiger partial charge in [0.1, 0.15) is 0 Å². The van der Waals surface area contributed by atoms with E-state index in [1.165, 1.54) is 16.4 Å². The third-order valence-corrected chi connectivity index (χ3v) is 5.97. The molecule has 1 saturated heterocycles. The van der Waals surface area contributed by atoms with Crippen molar-refractivity contribution in [1.29, 1.82) is 0 Å². The van der Waals surface area contributed by atoms with Crippen molar-refractivity contribution in [3.63, 3.8) is 0 Å². The van der Waals surface area contributed by atoms with Crippen molar-refractivity contribution < 1.29 is 26.1 Å². The molecule has 2 aromatic rings. The number of halogens is 3. The predicted molar refractivity (Wildman–Crippen MR) is 90.6 cm³/mol. The number of hydrogen-bond acceptors (Lipinski definition) is 5. The maximum absolute atomic E-state index is 12.6. The second-order valence-electron chi connectivity index (χ2n) is 6.23. The van der Waals surface area contributed by atoms with Gasteiger partial charge in [0.05, 0.1) is 0 Å². The molecule has 0 aliphatic carbocycles. The first-order chi connectivity index (χ1) is 12.7.